The number of carbonyl (C=O) groups excluding carboxylic acids is 1. The van der Waals surface area contributed by atoms with E-state index < -0.39 is 0 Å². The van der Waals surface area contributed by atoms with Gasteiger partial charge >= 0.3 is 0 Å². The smallest absolute Gasteiger partial charge is 0.253 e. The summed E-state index contributed by atoms with van der Waals surface area (Å²) in [6.45, 7) is 1.09. The molecule has 4 nitrogen and oxygen atoms in total. The van der Waals surface area contributed by atoms with Crippen molar-refractivity contribution in [2.24, 2.45) is 0 Å². The average Bonchev–Trinajstić information content (AvgIpc) is 2.78. The van der Waals surface area contributed by atoms with Gasteiger partial charge in [0.2, 0.25) is 0 Å². The van der Waals surface area contributed by atoms with Crippen LogP contribution >= 0.6 is 11.6 Å². The number of nitrogens with one attached hydrogen (secondary N) is 1. The summed E-state index contributed by atoms with van der Waals surface area (Å²) in [5.74, 6) is 0.606. The Balaban J connectivity index is 1.64. The number of benzene rings is 2. The van der Waals surface area contributed by atoms with E-state index in [0.717, 1.165) is 45.1 Å². The third-order valence-electron chi connectivity index (χ3n) is 6.29. The second-order valence-electron chi connectivity index (χ2n) is 8.32. The molecule has 0 aromatic heterocycles. The minimum atomic E-state index is 0.0687. The molecule has 1 aliphatic carbocycles. The molecular formula is C25H33ClN2O2. The Morgan fingerprint density at radius 3 is 2.47 bits per heavy atom. The van der Waals surface area contributed by atoms with Crippen LogP contribution in [0.25, 0.3) is 0 Å². The Labute approximate surface area is 185 Å². The number of aryl methyl sites for hydroxylation is 1. The highest BCUT2D eigenvalue weighted by Crippen LogP contribution is 2.37. The van der Waals surface area contributed by atoms with Gasteiger partial charge in [-0.2, -0.15) is 0 Å². The molecule has 1 aliphatic rings. The van der Waals surface area contributed by atoms with Gasteiger partial charge in [0.1, 0.15) is 0 Å². The van der Waals surface area contributed by atoms with Gasteiger partial charge in [-0.15, -0.1) is 0 Å². The number of hydrogen-bond acceptors (Lipinski definition) is 3. The van der Waals surface area contributed by atoms with E-state index in [2.05, 4.69) is 23.5 Å². The van der Waals surface area contributed by atoms with Crippen molar-refractivity contribution in [3.8, 4) is 0 Å². The van der Waals surface area contributed by atoms with E-state index in [1.807, 2.05) is 19.0 Å². The van der Waals surface area contributed by atoms with Gasteiger partial charge < -0.3 is 15.3 Å². The van der Waals surface area contributed by atoms with Crippen LogP contribution in [-0.4, -0.2) is 42.7 Å². The Morgan fingerprint density at radius 2 is 1.83 bits per heavy atom. The fraction of sp³-hybridized carbons (Fsp3) is 0.480. The Morgan fingerprint density at radius 1 is 1.13 bits per heavy atom. The van der Waals surface area contributed by atoms with Crippen LogP contribution in [0, 0.1) is 0 Å². The molecule has 0 aliphatic heterocycles. The third kappa shape index (κ3) is 5.63. The Hall–Kier alpha value is -1.88. The summed E-state index contributed by atoms with van der Waals surface area (Å²) in [6.07, 6.45) is 5.94. The number of halogens is 1. The van der Waals surface area contributed by atoms with Crippen molar-refractivity contribution in [2.45, 2.75) is 57.0 Å². The maximum absolute atomic E-state index is 12.8. The molecule has 1 saturated carbocycles. The molecule has 0 heterocycles. The van der Waals surface area contributed by atoms with Gasteiger partial charge in [0.05, 0.1) is 0 Å². The monoisotopic (exact) mass is 428 g/mol. The lowest BCUT2D eigenvalue weighted by Crippen LogP contribution is -2.39. The lowest BCUT2D eigenvalue weighted by Gasteiger charge is -2.35. The second-order valence-corrected chi connectivity index (χ2v) is 8.76. The summed E-state index contributed by atoms with van der Waals surface area (Å²) < 4.78 is 0. The van der Waals surface area contributed by atoms with Crippen LogP contribution in [0.1, 0.15) is 65.1 Å². The molecule has 162 valence electrons. The molecule has 3 rings (SSSR count). The minimum absolute atomic E-state index is 0.0687. The zero-order chi connectivity index (χ0) is 21.5. The molecular weight excluding hydrogens is 396 g/mol. The van der Waals surface area contributed by atoms with Crippen LogP contribution in [0.2, 0.25) is 5.02 Å². The van der Waals surface area contributed by atoms with Crippen molar-refractivity contribution in [1.82, 2.24) is 10.2 Å². The largest absolute Gasteiger partial charge is 0.396 e. The van der Waals surface area contributed by atoms with Crippen LogP contribution in [0.3, 0.4) is 0 Å². The van der Waals surface area contributed by atoms with Crippen LogP contribution in [0.15, 0.2) is 42.5 Å². The summed E-state index contributed by atoms with van der Waals surface area (Å²) in [6, 6.07) is 14.2. The molecule has 0 atom stereocenters. The first-order valence-corrected chi connectivity index (χ1v) is 11.3. The van der Waals surface area contributed by atoms with E-state index in [1.54, 1.807) is 24.3 Å². The van der Waals surface area contributed by atoms with E-state index in [4.69, 9.17) is 16.7 Å². The highest BCUT2D eigenvalue weighted by Gasteiger charge is 2.28. The summed E-state index contributed by atoms with van der Waals surface area (Å²) >= 11 is 5.95. The standard InChI is InChI=1S/C25H33ClN2O2/c1-27-17-21-16-18(4-3-15-29)5-14-24(21)19-8-12-23(13-9-19)28(2)25(30)20-6-10-22(26)11-7-20/h5-7,10-11,14,16,19,23,27,29H,3-4,8-9,12-13,15,17H2,1-2H3/t19-,23-. The van der Waals surface area contributed by atoms with Crippen molar-refractivity contribution >= 4 is 17.5 Å². The first-order chi connectivity index (χ1) is 14.5. The molecule has 0 unspecified atom stereocenters. The number of amides is 1. The van der Waals surface area contributed by atoms with Crippen molar-refractivity contribution in [1.29, 1.82) is 0 Å². The normalized spacial score (nSPS) is 18.9. The summed E-state index contributed by atoms with van der Waals surface area (Å²) in [5.41, 5.74) is 4.78. The van der Waals surface area contributed by atoms with Crippen LogP contribution in [-0.2, 0) is 13.0 Å². The van der Waals surface area contributed by atoms with Gasteiger partial charge in [-0.1, -0.05) is 29.8 Å². The Bertz CT molecular complexity index is 830. The minimum Gasteiger partial charge on any atom is -0.396 e. The molecule has 2 aromatic carbocycles. The van der Waals surface area contributed by atoms with Gasteiger partial charge in [-0.3, -0.25) is 4.79 Å². The van der Waals surface area contributed by atoms with Gasteiger partial charge in [-0.25, -0.2) is 0 Å². The van der Waals surface area contributed by atoms with Crippen molar-refractivity contribution in [3.05, 3.63) is 69.7 Å². The molecule has 5 heteroatoms. The molecule has 1 amide bonds. The highest BCUT2D eigenvalue weighted by atomic mass is 35.5. The van der Waals surface area contributed by atoms with Gasteiger partial charge in [0.25, 0.3) is 5.91 Å². The topological polar surface area (TPSA) is 52.6 Å². The molecule has 0 saturated heterocycles. The highest BCUT2D eigenvalue weighted by molar-refractivity contribution is 6.30. The van der Waals surface area contributed by atoms with Gasteiger partial charge in [-0.05, 0) is 92.4 Å². The summed E-state index contributed by atoms with van der Waals surface area (Å²) in [7, 11) is 3.91. The maximum Gasteiger partial charge on any atom is 0.253 e. The fourth-order valence-electron chi connectivity index (χ4n) is 4.58. The number of aliphatic hydroxyl groups excluding tert-OH is 1. The number of carbonyl (C=O) groups is 1. The summed E-state index contributed by atoms with van der Waals surface area (Å²) in [4.78, 5) is 14.7. The SMILES string of the molecule is CNCc1cc(CCCO)ccc1[C@H]1CC[C@H](N(C)C(=O)c2ccc(Cl)cc2)CC1. The van der Waals surface area contributed by atoms with E-state index >= 15 is 0 Å². The molecule has 1 fully saturated rings. The predicted octanol–water partition coefficient (Wildman–Crippen LogP) is 4.78. The number of hydrogen-bond donors (Lipinski definition) is 2. The van der Waals surface area contributed by atoms with Gasteiger partial charge in [0.15, 0.2) is 0 Å². The molecule has 0 spiro atoms. The predicted molar refractivity (Wildman–Crippen MR) is 123 cm³/mol. The lowest BCUT2D eigenvalue weighted by molar-refractivity contribution is 0.0689. The lowest BCUT2D eigenvalue weighted by atomic mass is 9.79. The number of nitrogens with zero attached hydrogens (tertiary/aromatic N) is 1. The molecule has 2 N–H and O–H groups in total. The van der Waals surface area contributed by atoms with Crippen molar-refractivity contribution < 1.29 is 9.90 Å². The number of aliphatic hydroxyl groups is 1. The van der Waals surface area contributed by atoms with E-state index in [9.17, 15) is 4.79 Å². The molecule has 30 heavy (non-hydrogen) atoms. The van der Waals surface area contributed by atoms with Crippen LogP contribution < -0.4 is 5.32 Å². The van der Waals surface area contributed by atoms with Crippen molar-refractivity contribution in [2.75, 3.05) is 20.7 Å². The van der Waals surface area contributed by atoms with E-state index in [-0.39, 0.29) is 18.6 Å². The third-order valence-corrected chi connectivity index (χ3v) is 6.55. The average molecular weight is 429 g/mol. The van der Waals surface area contributed by atoms with E-state index in [1.165, 1.54) is 16.7 Å². The molecule has 2 aromatic rings. The van der Waals surface area contributed by atoms with E-state index in [0.29, 0.717) is 16.5 Å². The quantitative estimate of drug-likeness (QED) is 0.636. The maximum atomic E-state index is 12.8. The van der Waals surface area contributed by atoms with Crippen LogP contribution in [0.4, 0.5) is 0 Å². The first kappa shape index (κ1) is 22.8. The van der Waals surface area contributed by atoms with Crippen molar-refractivity contribution in [3.63, 3.8) is 0 Å². The van der Waals surface area contributed by atoms with Gasteiger partial charge in [0, 0.05) is 36.8 Å². The second kappa shape index (κ2) is 10.9. The Kier molecular flexibility index (Phi) is 8.32. The first-order valence-electron chi connectivity index (χ1n) is 10.9. The molecule has 0 radical (unpaired) electrons. The zero-order valence-electron chi connectivity index (χ0n) is 18.0. The summed E-state index contributed by atoms with van der Waals surface area (Å²) in [5, 5.41) is 13.1. The van der Waals surface area contributed by atoms with Crippen LogP contribution in [0.5, 0.6) is 0 Å². The number of rotatable bonds is 8. The fourth-order valence-corrected chi connectivity index (χ4v) is 4.70. The molecule has 0 bridgehead atoms. The zero-order valence-corrected chi connectivity index (χ0v) is 18.8.